The lowest BCUT2D eigenvalue weighted by Gasteiger charge is -2.18. The highest BCUT2D eigenvalue weighted by Gasteiger charge is 2.17. The Labute approximate surface area is 122 Å². The number of carbonyl (C=O) groups excluding carboxylic acids is 1. The Morgan fingerprint density at radius 1 is 1.45 bits per heavy atom. The highest BCUT2D eigenvalue weighted by molar-refractivity contribution is 6.34. The molecule has 0 saturated heterocycles. The Balaban J connectivity index is 2.31. The lowest BCUT2D eigenvalue weighted by Crippen LogP contribution is -2.26. The van der Waals surface area contributed by atoms with Gasteiger partial charge in [-0.3, -0.25) is 9.78 Å². The first-order valence-electron chi connectivity index (χ1n) is 6.21. The first kappa shape index (κ1) is 14.3. The van der Waals surface area contributed by atoms with Crippen LogP contribution in [0.25, 0.3) is 0 Å². The highest BCUT2D eigenvalue weighted by atomic mass is 35.5. The smallest absolute Gasteiger partial charge is 0.259 e. The normalized spacial score (nSPS) is 10.2. The van der Waals surface area contributed by atoms with Crippen molar-refractivity contribution in [3.8, 4) is 0 Å². The predicted octanol–water partition coefficient (Wildman–Crippen LogP) is 2.84. The Hall–Kier alpha value is -2.14. The summed E-state index contributed by atoms with van der Waals surface area (Å²) in [7, 11) is 1.68. The van der Waals surface area contributed by atoms with Crippen LogP contribution in [-0.2, 0) is 0 Å². The van der Waals surface area contributed by atoms with Crippen LogP contribution >= 0.6 is 11.6 Å². The van der Waals surface area contributed by atoms with Gasteiger partial charge >= 0.3 is 0 Å². The van der Waals surface area contributed by atoms with Gasteiger partial charge < -0.3 is 10.2 Å². The second-order valence-corrected chi connectivity index (χ2v) is 4.56. The molecule has 0 fully saturated rings. The largest absolute Gasteiger partial charge is 0.370 e. The average molecular weight is 291 g/mol. The molecule has 0 atom stereocenters. The Morgan fingerprint density at radius 2 is 2.25 bits per heavy atom. The van der Waals surface area contributed by atoms with Crippen LogP contribution in [0.2, 0.25) is 5.02 Å². The fourth-order valence-corrected chi connectivity index (χ4v) is 1.91. The number of anilines is 2. The van der Waals surface area contributed by atoms with Gasteiger partial charge in [0.05, 0.1) is 22.5 Å². The van der Waals surface area contributed by atoms with Gasteiger partial charge in [-0.05, 0) is 25.1 Å². The minimum Gasteiger partial charge on any atom is -0.370 e. The third-order valence-electron chi connectivity index (χ3n) is 2.78. The molecule has 6 heteroatoms. The van der Waals surface area contributed by atoms with Crippen molar-refractivity contribution in [2.24, 2.45) is 0 Å². The number of hydrogen-bond acceptors (Lipinski definition) is 4. The van der Waals surface area contributed by atoms with E-state index in [9.17, 15) is 4.79 Å². The lowest BCUT2D eigenvalue weighted by molar-refractivity contribution is 0.0993. The first-order chi connectivity index (χ1) is 9.63. The molecule has 2 aromatic heterocycles. The van der Waals surface area contributed by atoms with Crippen LogP contribution in [0.4, 0.5) is 11.5 Å². The fourth-order valence-electron chi connectivity index (χ4n) is 1.73. The molecular formula is C14H15ClN4O. The van der Waals surface area contributed by atoms with Crippen molar-refractivity contribution < 1.29 is 4.79 Å². The summed E-state index contributed by atoms with van der Waals surface area (Å²) in [5, 5.41) is 3.38. The molecule has 0 aliphatic rings. The lowest BCUT2D eigenvalue weighted by atomic mass is 10.2. The third kappa shape index (κ3) is 3.05. The molecular weight excluding hydrogens is 276 g/mol. The predicted molar refractivity (Wildman–Crippen MR) is 80.4 cm³/mol. The molecule has 0 spiro atoms. The molecule has 1 amide bonds. The molecule has 5 nitrogen and oxygen atoms in total. The summed E-state index contributed by atoms with van der Waals surface area (Å²) in [5.41, 5.74) is 1.11. The van der Waals surface area contributed by atoms with Crippen LogP contribution in [0.5, 0.6) is 0 Å². The summed E-state index contributed by atoms with van der Waals surface area (Å²) in [6.07, 6.45) is 4.76. The number of nitrogens with zero attached hydrogens (tertiary/aromatic N) is 3. The van der Waals surface area contributed by atoms with E-state index in [2.05, 4.69) is 15.3 Å². The van der Waals surface area contributed by atoms with Crippen LogP contribution in [-0.4, -0.2) is 29.5 Å². The molecule has 0 unspecified atom stereocenters. The molecule has 104 valence electrons. The van der Waals surface area contributed by atoms with Gasteiger partial charge in [-0.1, -0.05) is 11.6 Å². The van der Waals surface area contributed by atoms with Gasteiger partial charge in [0.1, 0.15) is 5.82 Å². The number of aromatic nitrogens is 2. The van der Waals surface area contributed by atoms with Crippen LogP contribution < -0.4 is 10.2 Å². The van der Waals surface area contributed by atoms with Crippen molar-refractivity contribution in [3.63, 3.8) is 0 Å². The summed E-state index contributed by atoms with van der Waals surface area (Å²) in [6.45, 7) is 2.68. The summed E-state index contributed by atoms with van der Waals surface area (Å²) >= 11 is 6.07. The second kappa shape index (κ2) is 6.34. The van der Waals surface area contributed by atoms with Crippen LogP contribution in [0.1, 0.15) is 17.3 Å². The fraction of sp³-hybridized carbons (Fsp3) is 0.214. The molecule has 0 aromatic carbocycles. The van der Waals surface area contributed by atoms with E-state index in [1.54, 1.807) is 31.6 Å². The summed E-state index contributed by atoms with van der Waals surface area (Å²) < 4.78 is 0. The molecule has 0 aliphatic carbocycles. The van der Waals surface area contributed by atoms with Gasteiger partial charge in [-0.15, -0.1) is 0 Å². The number of hydrogen-bond donors (Lipinski definition) is 1. The van der Waals surface area contributed by atoms with E-state index in [1.165, 1.54) is 11.1 Å². The van der Waals surface area contributed by atoms with Crippen molar-refractivity contribution in [2.75, 3.05) is 23.8 Å². The molecule has 0 aliphatic heterocycles. The maximum absolute atomic E-state index is 12.5. The maximum atomic E-state index is 12.5. The third-order valence-corrected chi connectivity index (χ3v) is 3.08. The average Bonchev–Trinajstić information content (AvgIpc) is 2.49. The van der Waals surface area contributed by atoms with Crippen LogP contribution in [0, 0.1) is 0 Å². The van der Waals surface area contributed by atoms with Crippen molar-refractivity contribution in [1.29, 1.82) is 0 Å². The van der Waals surface area contributed by atoms with E-state index in [0.29, 0.717) is 22.1 Å². The van der Waals surface area contributed by atoms with Crippen molar-refractivity contribution in [1.82, 2.24) is 9.97 Å². The van der Waals surface area contributed by atoms with E-state index >= 15 is 0 Å². The van der Waals surface area contributed by atoms with Gasteiger partial charge in [0.15, 0.2) is 0 Å². The highest BCUT2D eigenvalue weighted by Crippen LogP contribution is 2.21. The monoisotopic (exact) mass is 290 g/mol. The molecule has 0 saturated carbocycles. The number of rotatable bonds is 4. The molecule has 1 N–H and O–H groups in total. The summed E-state index contributed by atoms with van der Waals surface area (Å²) in [4.78, 5) is 22.1. The number of nitrogens with one attached hydrogen (secondary N) is 1. The van der Waals surface area contributed by atoms with Crippen molar-refractivity contribution >= 4 is 29.0 Å². The van der Waals surface area contributed by atoms with E-state index in [1.807, 2.05) is 13.0 Å². The van der Waals surface area contributed by atoms with E-state index in [0.717, 1.165) is 6.54 Å². The Morgan fingerprint density at radius 3 is 2.90 bits per heavy atom. The summed E-state index contributed by atoms with van der Waals surface area (Å²) in [6, 6.07) is 5.24. The molecule has 2 heterocycles. The Kier molecular flexibility index (Phi) is 4.53. The molecule has 0 radical (unpaired) electrons. The van der Waals surface area contributed by atoms with E-state index in [-0.39, 0.29) is 5.91 Å². The zero-order valence-corrected chi connectivity index (χ0v) is 12.1. The molecule has 2 rings (SSSR count). The number of pyridine rings is 2. The number of amides is 1. The Bertz CT molecular complexity index is 603. The zero-order chi connectivity index (χ0) is 14.5. The van der Waals surface area contributed by atoms with Gasteiger partial charge in [0.2, 0.25) is 0 Å². The standard InChI is InChI=1S/C14H15ClN4O/c1-3-17-13-7-11(12(15)9-18-13)14(20)19(2)10-5-4-6-16-8-10/h4-9H,3H2,1-2H3,(H,17,18). The first-order valence-corrected chi connectivity index (χ1v) is 6.58. The van der Waals surface area contributed by atoms with Gasteiger partial charge in [0.25, 0.3) is 5.91 Å². The quantitative estimate of drug-likeness (QED) is 0.941. The SMILES string of the molecule is CCNc1cc(C(=O)N(C)c2cccnc2)c(Cl)cn1. The van der Waals surface area contributed by atoms with Crippen molar-refractivity contribution in [2.45, 2.75) is 6.92 Å². The van der Waals surface area contributed by atoms with Crippen LogP contribution in [0.3, 0.4) is 0 Å². The molecule has 20 heavy (non-hydrogen) atoms. The van der Waals surface area contributed by atoms with E-state index < -0.39 is 0 Å². The number of carbonyl (C=O) groups is 1. The topological polar surface area (TPSA) is 58.1 Å². The molecule has 0 bridgehead atoms. The minimum absolute atomic E-state index is 0.204. The van der Waals surface area contributed by atoms with E-state index in [4.69, 9.17) is 11.6 Å². The van der Waals surface area contributed by atoms with Crippen LogP contribution in [0.15, 0.2) is 36.8 Å². The maximum Gasteiger partial charge on any atom is 0.259 e. The number of halogens is 1. The second-order valence-electron chi connectivity index (χ2n) is 4.16. The van der Waals surface area contributed by atoms with Crippen molar-refractivity contribution in [3.05, 3.63) is 47.4 Å². The molecule has 2 aromatic rings. The van der Waals surface area contributed by atoms with Gasteiger partial charge in [-0.25, -0.2) is 4.98 Å². The minimum atomic E-state index is -0.204. The van der Waals surface area contributed by atoms with Gasteiger partial charge in [0, 0.05) is 26.0 Å². The zero-order valence-electron chi connectivity index (χ0n) is 11.3. The summed E-state index contributed by atoms with van der Waals surface area (Å²) in [5.74, 6) is 0.421. The van der Waals surface area contributed by atoms with Gasteiger partial charge in [-0.2, -0.15) is 0 Å².